The number of amides is 2. The summed E-state index contributed by atoms with van der Waals surface area (Å²) in [6.45, 7) is 5.21. The van der Waals surface area contributed by atoms with Crippen LogP contribution in [0.5, 0.6) is 0 Å². The molecular formula is C41H43N11O2S. The first-order chi connectivity index (χ1) is 27.0. The van der Waals surface area contributed by atoms with Crippen molar-refractivity contribution in [1.29, 1.82) is 5.26 Å². The largest absolute Gasteiger partial charge is 0.382 e. The van der Waals surface area contributed by atoms with Gasteiger partial charge in [-0.3, -0.25) is 24.8 Å². The number of nitrogens with zero attached hydrogens (tertiary/aromatic N) is 9. The van der Waals surface area contributed by atoms with Crippen LogP contribution in [0, 0.1) is 17.2 Å². The van der Waals surface area contributed by atoms with E-state index >= 15 is 0 Å². The highest BCUT2D eigenvalue weighted by atomic mass is 32.1. The maximum atomic E-state index is 12.3. The third kappa shape index (κ3) is 6.69. The minimum Gasteiger partial charge on any atom is -0.382 e. The molecule has 0 radical (unpaired) electrons. The van der Waals surface area contributed by atoms with Crippen LogP contribution in [-0.2, 0) is 9.59 Å². The fourth-order valence-electron chi connectivity index (χ4n) is 9.08. The first kappa shape index (κ1) is 34.1. The van der Waals surface area contributed by atoms with Gasteiger partial charge in [0.1, 0.15) is 6.07 Å². The molecule has 8 heterocycles. The highest BCUT2D eigenvalue weighted by Crippen LogP contribution is 2.40. The van der Waals surface area contributed by atoms with Gasteiger partial charge in [0.2, 0.25) is 16.9 Å². The Balaban J connectivity index is 0.775. The zero-order valence-electron chi connectivity index (χ0n) is 30.6. The normalized spacial score (nSPS) is 23.3. The number of rotatable bonds is 9. The van der Waals surface area contributed by atoms with Crippen LogP contribution < -0.4 is 20.4 Å². The van der Waals surface area contributed by atoms with E-state index in [-0.39, 0.29) is 17.7 Å². The number of nitrogens with one attached hydrogen (secondary N) is 2. The van der Waals surface area contributed by atoms with Gasteiger partial charge in [0.25, 0.3) is 0 Å². The van der Waals surface area contributed by atoms with Gasteiger partial charge in [0, 0.05) is 74.8 Å². The molecule has 1 aliphatic carbocycles. The first-order valence-corrected chi connectivity index (χ1v) is 20.5. The third-order valence-electron chi connectivity index (χ3n) is 12.3. The van der Waals surface area contributed by atoms with Crippen LogP contribution in [0.3, 0.4) is 0 Å². The molecule has 5 aliphatic rings. The minimum atomic E-state index is -0.239. The Morgan fingerprint density at radius 2 is 1.69 bits per heavy atom. The second-order valence-corrected chi connectivity index (χ2v) is 16.8. The van der Waals surface area contributed by atoms with Crippen molar-refractivity contribution in [2.45, 2.75) is 75.4 Å². The molecule has 2 N–H and O–H groups in total. The van der Waals surface area contributed by atoms with Crippen molar-refractivity contribution in [1.82, 2.24) is 35.0 Å². The molecule has 5 fully saturated rings. The summed E-state index contributed by atoms with van der Waals surface area (Å²) in [5, 5.41) is 31.3. The van der Waals surface area contributed by atoms with Crippen LogP contribution in [0.25, 0.3) is 27.5 Å². The summed E-state index contributed by atoms with van der Waals surface area (Å²) < 4.78 is 1.83. The van der Waals surface area contributed by atoms with Gasteiger partial charge in [0.05, 0.1) is 40.1 Å². The van der Waals surface area contributed by atoms with Gasteiger partial charge in [-0.2, -0.15) is 10.4 Å². The molecule has 55 heavy (non-hydrogen) atoms. The number of aromatic nitrogens is 5. The zero-order chi connectivity index (χ0) is 37.0. The fourth-order valence-corrected chi connectivity index (χ4v) is 9.97. The molecule has 2 bridgehead atoms. The summed E-state index contributed by atoms with van der Waals surface area (Å²) in [7, 11) is 0. The summed E-state index contributed by atoms with van der Waals surface area (Å²) in [4.78, 5) is 36.5. The lowest BCUT2D eigenvalue weighted by atomic mass is 9.90. The van der Waals surface area contributed by atoms with Crippen LogP contribution in [0.2, 0.25) is 0 Å². The highest BCUT2D eigenvalue weighted by Gasteiger charge is 2.42. The van der Waals surface area contributed by atoms with Gasteiger partial charge in [-0.15, -0.1) is 10.2 Å². The van der Waals surface area contributed by atoms with Crippen molar-refractivity contribution in [3.05, 3.63) is 72.1 Å². The molecule has 14 heteroatoms. The molecule has 0 spiro atoms. The highest BCUT2D eigenvalue weighted by molar-refractivity contribution is 7.18. The van der Waals surface area contributed by atoms with Gasteiger partial charge >= 0.3 is 0 Å². The first-order valence-electron chi connectivity index (χ1n) is 19.6. The lowest BCUT2D eigenvalue weighted by Gasteiger charge is -2.43. The predicted molar refractivity (Wildman–Crippen MR) is 211 cm³/mol. The second kappa shape index (κ2) is 14.0. The SMILES string of the molecule is N#Cc1cnn2c(-c3cc(NC4CC4)c(-c4nnc(N5CC6CCC(C5)N6CC5CCN(c6ccc([C@H]7CCC(=O)NC7=O)cc6)CC5)s4)cn3)ccc2c1. The molecule has 1 saturated carbocycles. The maximum Gasteiger partial charge on any atom is 0.234 e. The lowest BCUT2D eigenvalue weighted by Crippen LogP contribution is -2.55. The summed E-state index contributed by atoms with van der Waals surface area (Å²) in [6, 6.07) is 20.0. The molecule has 10 rings (SSSR count). The number of fused-ring (bicyclic) bond motifs is 3. The third-order valence-corrected chi connectivity index (χ3v) is 13.3. The van der Waals surface area contributed by atoms with Crippen LogP contribution >= 0.6 is 11.3 Å². The van der Waals surface area contributed by atoms with E-state index in [4.69, 9.17) is 15.2 Å². The van der Waals surface area contributed by atoms with E-state index in [0.29, 0.717) is 42.4 Å². The maximum absolute atomic E-state index is 12.3. The summed E-state index contributed by atoms with van der Waals surface area (Å²) in [5.41, 5.74) is 7.26. The summed E-state index contributed by atoms with van der Waals surface area (Å²) >= 11 is 1.66. The monoisotopic (exact) mass is 753 g/mol. The quantitative estimate of drug-likeness (QED) is 0.185. The predicted octanol–water partition coefficient (Wildman–Crippen LogP) is 5.45. The fraction of sp³-hybridized carbons (Fsp3) is 0.439. The number of anilines is 3. The lowest BCUT2D eigenvalue weighted by molar-refractivity contribution is -0.134. The van der Waals surface area contributed by atoms with Crippen LogP contribution in [0.4, 0.5) is 16.5 Å². The average Bonchev–Trinajstić information content (AvgIpc) is 3.61. The summed E-state index contributed by atoms with van der Waals surface area (Å²) in [6.07, 6.45) is 11.6. The van der Waals surface area contributed by atoms with E-state index in [1.807, 2.05) is 28.9 Å². The van der Waals surface area contributed by atoms with Gasteiger partial charge in [-0.1, -0.05) is 23.5 Å². The van der Waals surface area contributed by atoms with E-state index in [9.17, 15) is 14.9 Å². The second-order valence-electron chi connectivity index (χ2n) is 15.8. The van der Waals surface area contributed by atoms with Crippen molar-refractivity contribution in [2.75, 3.05) is 47.8 Å². The Bertz CT molecular complexity index is 2290. The molecule has 2 unspecified atom stereocenters. The molecule has 2 amide bonds. The molecular weight excluding hydrogens is 711 g/mol. The van der Waals surface area contributed by atoms with E-state index in [2.05, 4.69) is 66.8 Å². The van der Waals surface area contributed by atoms with Crippen molar-refractivity contribution < 1.29 is 9.59 Å². The topological polar surface area (TPSA) is 148 Å². The van der Waals surface area contributed by atoms with Gasteiger partial charge in [-0.05, 0) is 92.8 Å². The van der Waals surface area contributed by atoms with E-state index in [1.54, 1.807) is 17.5 Å². The van der Waals surface area contributed by atoms with Crippen molar-refractivity contribution >= 4 is 45.2 Å². The van der Waals surface area contributed by atoms with Crippen LogP contribution in [0.1, 0.15) is 68.4 Å². The Kier molecular flexibility index (Phi) is 8.71. The zero-order valence-corrected chi connectivity index (χ0v) is 31.4. The Hall–Kier alpha value is -5.39. The molecule has 1 aromatic carbocycles. The number of piperazine rings is 1. The Labute approximate surface area is 323 Å². The van der Waals surface area contributed by atoms with Crippen molar-refractivity contribution in [2.24, 2.45) is 5.92 Å². The molecule has 3 atom stereocenters. The van der Waals surface area contributed by atoms with Gasteiger partial charge in [-0.25, -0.2) is 4.52 Å². The smallest absolute Gasteiger partial charge is 0.234 e. The van der Waals surface area contributed by atoms with E-state index in [0.717, 1.165) is 89.4 Å². The number of hydrogen-bond acceptors (Lipinski definition) is 12. The number of imide groups is 1. The van der Waals surface area contributed by atoms with Gasteiger partial charge < -0.3 is 15.1 Å². The van der Waals surface area contributed by atoms with E-state index < -0.39 is 0 Å². The average molecular weight is 754 g/mol. The standard InChI is InChI=1S/C41H43N11O2S/c42-19-26-17-30-9-11-37(52(30)44-20-26)36-18-35(45-28-3-4-28)34(21-43-36)40-47-48-41(55-40)50-23-31-7-8-32(24-50)51(31)22-25-13-15-49(16-14-25)29-5-1-27(2-6-29)33-10-12-38(53)46-39(33)54/h1-2,5-6,9,11,17-18,20-21,25,28,31-33H,3-4,7-8,10,12-16,22-24H2,(H,43,45)(H,46,53,54)/t31?,32?,33-/m1/s1. The number of piperidine rings is 2. The number of nitriles is 1. The number of carbonyl (C=O) groups is 2. The van der Waals surface area contributed by atoms with E-state index in [1.165, 1.54) is 31.4 Å². The molecule has 4 aromatic heterocycles. The van der Waals surface area contributed by atoms with Crippen LogP contribution in [0.15, 0.2) is 60.9 Å². The molecule has 5 aromatic rings. The van der Waals surface area contributed by atoms with Gasteiger partial charge in [0.15, 0.2) is 5.01 Å². The van der Waals surface area contributed by atoms with Crippen molar-refractivity contribution in [3.8, 4) is 28.0 Å². The summed E-state index contributed by atoms with van der Waals surface area (Å²) in [5.74, 6) is 0.0944. The Morgan fingerprint density at radius 3 is 2.44 bits per heavy atom. The number of benzene rings is 1. The minimum absolute atomic E-state index is 0.173. The molecule has 280 valence electrons. The molecule has 4 saturated heterocycles. The number of carbonyl (C=O) groups excluding carboxylic acids is 2. The number of pyridine rings is 1. The number of hydrogen-bond donors (Lipinski definition) is 2. The molecule has 13 nitrogen and oxygen atoms in total. The van der Waals surface area contributed by atoms with Crippen molar-refractivity contribution in [3.63, 3.8) is 0 Å². The molecule has 4 aliphatic heterocycles. The Morgan fingerprint density at radius 1 is 0.891 bits per heavy atom. The van der Waals surface area contributed by atoms with Crippen LogP contribution in [-0.4, -0.2) is 92.4 Å².